The van der Waals surface area contributed by atoms with Gasteiger partial charge in [-0.1, -0.05) is 18.2 Å². The number of aliphatic carboxylic acids is 1. The number of fused-ring (bicyclic) bond motifs is 6. The van der Waals surface area contributed by atoms with Crippen LogP contribution in [-0.4, -0.2) is 56.6 Å². The molecule has 0 aliphatic carbocycles. The Balaban J connectivity index is 1.59. The maximum Gasteiger partial charge on any atom is 0.416 e. The fourth-order valence-corrected chi connectivity index (χ4v) is 5.51. The van der Waals surface area contributed by atoms with Gasteiger partial charge in [-0.2, -0.15) is 22.8 Å². The summed E-state index contributed by atoms with van der Waals surface area (Å²) in [5.74, 6) is -0.527. The number of halogens is 3. The van der Waals surface area contributed by atoms with Crippen molar-refractivity contribution in [1.82, 2.24) is 14.6 Å². The molecule has 43 heavy (non-hydrogen) atoms. The standard InChI is InChI=1S/C31H37F3N4O5/c1-19-25(26(28(39)40)43-29(2,3)4)27-37-12-10-30(5,11-13-37)42-14-6-7-20-15-22(31(32,33)34)9-8-21(20)17-41-18-23-16-24(35-19)38(27)36-23/h6-9,15-16,26H,10-14,17-18H2,1-5H3,(H,39,40)/b7-6-/t26-/m0/s1. The monoisotopic (exact) mass is 602 g/mol. The number of carboxylic acid groups (broad SMARTS) is 1. The molecule has 3 aliphatic rings. The topological polar surface area (TPSA) is 98.4 Å². The largest absolute Gasteiger partial charge is 0.479 e. The number of ether oxygens (including phenoxy) is 3. The number of nitrogens with zero attached hydrogens (tertiary/aromatic N) is 4. The van der Waals surface area contributed by atoms with E-state index in [2.05, 4.69) is 4.90 Å². The van der Waals surface area contributed by atoms with Crippen molar-refractivity contribution in [3.8, 4) is 0 Å². The summed E-state index contributed by atoms with van der Waals surface area (Å²) in [5.41, 5.74) is 1.07. The van der Waals surface area contributed by atoms with Gasteiger partial charge in [0.2, 0.25) is 0 Å². The first-order chi connectivity index (χ1) is 20.1. The van der Waals surface area contributed by atoms with Crippen LogP contribution in [0.3, 0.4) is 0 Å². The van der Waals surface area contributed by atoms with Gasteiger partial charge in [-0.05, 0) is 70.7 Å². The molecule has 5 heterocycles. The van der Waals surface area contributed by atoms with Crippen molar-refractivity contribution in [3.63, 3.8) is 0 Å². The zero-order valence-electron chi connectivity index (χ0n) is 25.0. The number of alkyl halides is 3. The van der Waals surface area contributed by atoms with Gasteiger partial charge in [-0.25, -0.2) is 9.78 Å². The van der Waals surface area contributed by atoms with Crippen molar-refractivity contribution in [3.05, 3.63) is 64.0 Å². The number of rotatable bonds is 3. The van der Waals surface area contributed by atoms with Crippen LogP contribution < -0.4 is 4.90 Å². The van der Waals surface area contributed by atoms with Gasteiger partial charge in [0, 0.05) is 24.8 Å². The first-order valence-electron chi connectivity index (χ1n) is 14.3. The van der Waals surface area contributed by atoms with E-state index in [0.717, 1.165) is 12.1 Å². The SMILES string of the molecule is Cc1nc2cc3nn2c(c1[C@H](OC(C)(C)C)C(=O)O)N1CCC(C)(CC1)OC/C=C\c1cc(C(F)(F)F)ccc1COC3. The normalized spacial score (nSPS) is 19.3. The predicted octanol–water partition coefficient (Wildman–Crippen LogP) is 6.12. The van der Waals surface area contributed by atoms with Gasteiger partial charge in [0.1, 0.15) is 5.82 Å². The zero-order chi connectivity index (χ0) is 31.2. The third kappa shape index (κ3) is 6.86. The van der Waals surface area contributed by atoms with Gasteiger partial charge in [-0.15, -0.1) is 0 Å². The maximum absolute atomic E-state index is 13.4. The summed E-state index contributed by atoms with van der Waals surface area (Å²) in [4.78, 5) is 19.4. The lowest BCUT2D eigenvalue weighted by atomic mass is 9.92. The quantitative estimate of drug-likeness (QED) is 0.383. The summed E-state index contributed by atoms with van der Waals surface area (Å²) in [7, 11) is 0. The van der Waals surface area contributed by atoms with Crippen LogP contribution in [0.2, 0.25) is 0 Å². The van der Waals surface area contributed by atoms with Crippen molar-refractivity contribution in [2.45, 2.75) is 84.2 Å². The minimum atomic E-state index is -4.47. The zero-order valence-corrected chi connectivity index (χ0v) is 25.0. The van der Waals surface area contributed by atoms with Crippen LogP contribution in [-0.2, 0) is 38.4 Å². The highest BCUT2D eigenvalue weighted by molar-refractivity contribution is 5.78. The van der Waals surface area contributed by atoms with E-state index in [4.69, 9.17) is 24.3 Å². The van der Waals surface area contributed by atoms with Crippen LogP contribution in [0.1, 0.15) is 80.3 Å². The van der Waals surface area contributed by atoms with E-state index in [-0.39, 0.29) is 19.8 Å². The molecule has 1 atom stereocenters. The Hall–Kier alpha value is -3.48. The van der Waals surface area contributed by atoms with E-state index in [1.54, 1.807) is 50.4 Å². The summed E-state index contributed by atoms with van der Waals surface area (Å²) < 4.78 is 60.2. The van der Waals surface area contributed by atoms with Gasteiger partial charge < -0.3 is 24.2 Å². The third-order valence-electron chi connectivity index (χ3n) is 7.74. The molecule has 3 aromatic rings. The number of aryl methyl sites for hydroxylation is 1. The molecule has 1 fully saturated rings. The Kier molecular flexibility index (Phi) is 8.32. The summed E-state index contributed by atoms with van der Waals surface area (Å²) in [6.45, 7) is 10.7. The number of carboxylic acids is 1. The number of hydrogen-bond donors (Lipinski definition) is 1. The maximum atomic E-state index is 13.4. The molecule has 6 rings (SSSR count). The van der Waals surface area contributed by atoms with Gasteiger partial charge in [-0.3, -0.25) is 0 Å². The molecule has 0 spiro atoms. The molecule has 3 aliphatic heterocycles. The van der Waals surface area contributed by atoms with E-state index in [9.17, 15) is 23.1 Å². The molecule has 1 aromatic carbocycles. The van der Waals surface area contributed by atoms with E-state index in [0.29, 0.717) is 65.5 Å². The predicted molar refractivity (Wildman–Crippen MR) is 154 cm³/mol. The molecular weight excluding hydrogens is 565 g/mol. The number of piperidine rings is 1. The van der Waals surface area contributed by atoms with Gasteiger partial charge in [0.05, 0.1) is 47.8 Å². The summed E-state index contributed by atoms with van der Waals surface area (Å²) >= 11 is 0. The molecule has 4 bridgehead atoms. The van der Waals surface area contributed by atoms with Crippen LogP contribution in [0, 0.1) is 6.92 Å². The Morgan fingerprint density at radius 2 is 1.86 bits per heavy atom. The fourth-order valence-electron chi connectivity index (χ4n) is 5.51. The first kappa shape index (κ1) is 31.0. The minimum Gasteiger partial charge on any atom is -0.479 e. The number of carbonyl (C=O) groups is 1. The number of aromatic nitrogens is 3. The molecule has 0 amide bonds. The molecule has 0 saturated carbocycles. The number of benzene rings is 1. The molecule has 232 valence electrons. The second kappa shape index (κ2) is 11.5. The summed E-state index contributed by atoms with van der Waals surface area (Å²) in [6.07, 6.45) is -1.12. The van der Waals surface area contributed by atoms with Gasteiger partial charge >= 0.3 is 12.1 Å². The fraction of sp³-hybridized carbons (Fsp3) is 0.516. The van der Waals surface area contributed by atoms with Gasteiger partial charge in [0.15, 0.2) is 11.8 Å². The van der Waals surface area contributed by atoms with Crippen LogP contribution in [0.15, 0.2) is 30.3 Å². The smallest absolute Gasteiger partial charge is 0.416 e. The van der Waals surface area contributed by atoms with E-state index in [1.807, 2.05) is 6.92 Å². The minimum absolute atomic E-state index is 0.0570. The second-order valence-electron chi connectivity index (χ2n) is 12.3. The highest BCUT2D eigenvalue weighted by Gasteiger charge is 2.38. The van der Waals surface area contributed by atoms with E-state index >= 15 is 0 Å². The number of anilines is 1. The van der Waals surface area contributed by atoms with Crippen molar-refractivity contribution in [1.29, 1.82) is 0 Å². The Morgan fingerprint density at radius 3 is 2.51 bits per heavy atom. The third-order valence-corrected chi connectivity index (χ3v) is 7.74. The Morgan fingerprint density at radius 1 is 1.14 bits per heavy atom. The molecule has 9 nitrogen and oxygen atoms in total. The average Bonchev–Trinajstić information content (AvgIpc) is 3.31. The van der Waals surface area contributed by atoms with Crippen molar-refractivity contribution in [2.24, 2.45) is 0 Å². The highest BCUT2D eigenvalue weighted by Crippen LogP contribution is 2.38. The summed E-state index contributed by atoms with van der Waals surface area (Å²) in [5, 5.41) is 15.0. The molecular formula is C31H37F3N4O5. The number of hydrogen-bond acceptors (Lipinski definition) is 7. The van der Waals surface area contributed by atoms with Crippen LogP contribution >= 0.6 is 0 Å². The average molecular weight is 603 g/mol. The summed E-state index contributed by atoms with van der Waals surface area (Å²) in [6, 6.07) is 5.36. The lowest BCUT2D eigenvalue weighted by molar-refractivity contribution is -0.160. The van der Waals surface area contributed by atoms with Crippen LogP contribution in [0.25, 0.3) is 11.7 Å². The van der Waals surface area contributed by atoms with Crippen LogP contribution in [0.5, 0.6) is 0 Å². The van der Waals surface area contributed by atoms with Gasteiger partial charge in [0.25, 0.3) is 0 Å². The Labute approximate surface area is 248 Å². The molecule has 1 saturated heterocycles. The molecule has 0 radical (unpaired) electrons. The van der Waals surface area contributed by atoms with E-state index in [1.165, 1.54) is 6.07 Å². The first-order valence-corrected chi connectivity index (χ1v) is 14.3. The highest BCUT2D eigenvalue weighted by atomic mass is 19.4. The van der Waals surface area contributed by atoms with E-state index < -0.39 is 35.0 Å². The Bertz CT molecular complexity index is 1530. The second-order valence-corrected chi connectivity index (χ2v) is 12.3. The van der Waals surface area contributed by atoms with Crippen molar-refractivity contribution >= 4 is 23.5 Å². The molecule has 1 N–H and O–H groups in total. The molecule has 2 aromatic heterocycles. The lowest BCUT2D eigenvalue weighted by Gasteiger charge is -2.41. The van der Waals surface area contributed by atoms with Crippen molar-refractivity contribution < 1.29 is 37.3 Å². The van der Waals surface area contributed by atoms with Crippen molar-refractivity contribution in [2.75, 3.05) is 24.6 Å². The molecule has 12 heteroatoms. The molecule has 0 unspecified atom stereocenters. The lowest BCUT2D eigenvalue weighted by Crippen LogP contribution is -2.45. The van der Waals surface area contributed by atoms with Crippen LogP contribution in [0.4, 0.5) is 19.0 Å².